The molecule has 2 rings (SSSR count). The Kier molecular flexibility index (Phi) is 6.55. The summed E-state index contributed by atoms with van der Waals surface area (Å²) in [6.07, 6.45) is -4.58. The lowest BCUT2D eigenvalue weighted by atomic mass is 10.0. The Hall–Kier alpha value is -2.75. The maximum absolute atomic E-state index is 13.6. The highest BCUT2D eigenvalue weighted by atomic mass is 19.4. The molecule has 154 valence electrons. The summed E-state index contributed by atoms with van der Waals surface area (Å²) in [7, 11) is 4.49. The van der Waals surface area contributed by atoms with Crippen molar-refractivity contribution in [2.75, 3.05) is 26.1 Å². The van der Waals surface area contributed by atoms with Gasteiger partial charge in [0, 0.05) is 30.1 Å². The molecule has 1 heterocycles. The highest BCUT2D eigenvalue weighted by Gasteiger charge is 2.43. The second-order valence-electron chi connectivity index (χ2n) is 6.18. The van der Waals surface area contributed by atoms with Gasteiger partial charge in [0.1, 0.15) is 6.04 Å². The van der Waals surface area contributed by atoms with E-state index in [2.05, 4.69) is 15.7 Å². The van der Waals surface area contributed by atoms with E-state index >= 15 is 0 Å². The monoisotopic (exact) mass is 400 g/mol. The highest BCUT2D eigenvalue weighted by molar-refractivity contribution is 5.92. The lowest BCUT2D eigenvalue weighted by molar-refractivity contribution is -0.158. The second kappa shape index (κ2) is 8.51. The third-order valence-electron chi connectivity index (χ3n) is 4.32. The minimum absolute atomic E-state index is 0.0221. The summed E-state index contributed by atoms with van der Waals surface area (Å²) in [4.78, 5) is 12.2. The van der Waals surface area contributed by atoms with Crippen LogP contribution in [0.3, 0.4) is 0 Å². The van der Waals surface area contributed by atoms with E-state index in [9.17, 15) is 18.0 Å². The van der Waals surface area contributed by atoms with Gasteiger partial charge in [-0.25, -0.2) is 0 Å². The molecule has 1 aromatic heterocycles. The van der Waals surface area contributed by atoms with Crippen LogP contribution in [0.2, 0.25) is 0 Å². The first-order valence-corrected chi connectivity index (χ1v) is 8.40. The average Bonchev–Trinajstić information content (AvgIpc) is 2.86. The summed E-state index contributed by atoms with van der Waals surface area (Å²) < 4.78 is 52.3. The molecule has 0 saturated heterocycles. The number of benzene rings is 1. The number of ether oxygens (including phenoxy) is 2. The van der Waals surface area contributed by atoms with E-state index in [1.807, 2.05) is 0 Å². The third kappa shape index (κ3) is 4.75. The summed E-state index contributed by atoms with van der Waals surface area (Å²) in [6.45, 7) is 2.53. The Morgan fingerprint density at radius 1 is 1.21 bits per heavy atom. The number of aromatic nitrogens is 2. The number of halogens is 3. The smallest absolute Gasteiger partial charge is 0.408 e. The van der Waals surface area contributed by atoms with Crippen molar-refractivity contribution < 1.29 is 27.4 Å². The van der Waals surface area contributed by atoms with Crippen LogP contribution in [0.25, 0.3) is 0 Å². The molecule has 2 N–H and O–H groups in total. The number of nitrogens with one attached hydrogen (secondary N) is 2. The van der Waals surface area contributed by atoms with Gasteiger partial charge >= 0.3 is 6.18 Å². The van der Waals surface area contributed by atoms with E-state index in [4.69, 9.17) is 9.47 Å². The molecule has 0 aliphatic rings. The zero-order valence-corrected chi connectivity index (χ0v) is 16.3. The van der Waals surface area contributed by atoms with Crippen LogP contribution in [0, 0.1) is 13.8 Å². The Labute approximate surface area is 160 Å². The van der Waals surface area contributed by atoms with Gasteiger partial charge in [-0.3, -0.25) is 14.8 Å². The number of rotatable bonds is 7. The molecule has 0 aliphatic carbocycles. The number of anilines is 1. The summed E-state index contributed by atoms with van der Waals surface area (Å²) in [5.41, 5.74) is 1.04. The molecule has 0 saturated carbocycles. The molecule has 0 aliphatic heterocycles. The van der Waals surface area contributed by atoms with E-state index in [1.165, 1.54) is 31.9 Å². The molecular formula is C18H23F3N4O3. The molecule has 0 fully saturated rings. The molecular weight excluding hydrogens is 377 g/mol. The Morgan fingerprint density at radius 3 is 2.36 bits per heavy atom. The van der Waals surface area contributed by atoms with Crippen molar-refractivity contribution in [1.82, 2.24) is 15.1 Å². The van der Waals surface area contributed by atoms with Gasteiger partial charge in [-0.15, -0.1) is 0 Å². The molecule has 10 heteroatoms. The highest BCUT2D eigenvalue weighted by Crippen LogP contribution is 2.35. The minimum Gasteiger partial charge on any atom is -0.493 e. The number of hydrogen-bond acceptors (Lipinski definition) is 5. The lowest BCUT2D eigenvalue weighted by Crippen LogP contribution is -2.39. The topological polar surface area (TPSA) is 77.4 Å². The van der Waals surface area contributed by atoms with E-state index in [0.29, 0.717) is 22.9 Å². The number of aryl methyl sites for hydroxylation is 2. The first-order chi connectivity index (χ1) is 13.1. The van der Waals surface area contributed by atoms with Gasteiger partial charge < -0.3 is 14.8 Å². The number of carbonyl (C=O) groups is 1. The summed E-state index contributed by atoms with van der Waals surface area (Å²) in [6, 6.07) is 2.67. The van der Waals surface area contributed by atoms with Crippen LogP contribution in [-0.2, 0) is 11.8 Å². The van der Waals surface area contributed by atoms with Gasteiger partial charge in [0.2, 0.25) is 5.91 Å². The van der Waals surface area contributed by atoms with Crippen LogP contribution in [0.15, 0.2) is 18.2 Å². The first-order valence-electron chi connectivity index (χ1n) is 8.40. The summed E-state index contributed by atoms with van der Waals surface area (Å²) in [5.74, 6) is 0.238. The molecule has 28 heavy (non-hydrogen) atoms. The predicted molar refractivity (Wildman–Crippen MR) is 97.7 cm³/mol. The minimum atomic E-state index is -4.58. The number of hydrogen-bond donors (Lipinski definition) is 2. The Bertz CT molecular complexity index is 849. The molecule has 1 aromatic carbocycles. The normalized spacial score (nSPS) is 12.6. The van der Waals surface area contributed by atoms with Gasteiger partial charge in [0.05, 0.1) is 26.5 Å². The number of amides is 1. The van der Waals surface area contributed by atoms with Crippen molar-refractivity contribution in [1.29, 1.82) is 0 Å². The summed E-state index contributed by atoms with van der Waals surface area (Å²) in [5, 5.41) is 8.86. The van der Waals surface area contributed by atoms with Crippen LogP contribution in [0.4, 0.5) is 18.9 Å². The van der Waals surface area contributed by atoms with Crippen molar-refractivity contribution in [3.8, 4) is 11.5 Å². The van der Waals surface area contributed by atoms with Crippen LogP contribution >= 0.6 is 0 Å². The molecule has 1 atom stereocenters. The Morgan fingerprint density at radius 2 is 1.86 bits per heavy atom. The molecule has 0 unspecified atom stereocenters. The SMILES string of the molecule is COc1ccc(NC(=O)CN[C@H](c2c(C)nn(C)c2C)C(F)(F)F)cc1OC. The number of methoxy groups -OCH3 is 2. The van der Waals surface area contributed by atoms with Gasteiger partial charge in [0.25, 0.3) is 0 Å². The van der Waals surface area contributed by atoms with Gasteiger partial charge in [-0.05, 0) is 26.0 Å². The molecule has 2 aromatic rings. The zero-order valence-electron chi connectivity index (χ0n) is 16.3. The van der Waals surface area contributed by atoms with Crippen molar-refractivity contribution >= 4 is 11.6 Å². The van der Waals surface area contributed by atoms with Crippen LogP contribution in [0.5, 0.6) is 11.5 Å². The van der Waals surface area contributed by atoms with Crippen molar-refractivity contribution in [3.63, 3.8) is 0 Å². The molecule has 7 nitrogen and oxygen atoms in total. The maximum Gasteiger partial charge on any atom is 0.408 e. The molecule has 0 bridgehead atoms. The zero-order chi connectivity index (χ0) is 21.1. The van der Waals surface area contributed by atoms with Crippen LogP contribution in [-0.4, -0.2) is 42.6 Å². The average molecular weight is 400 g/mol. The fourth-order valence-electron chi connectivity index (χ4n) is 2.90. The second-order valence-corrected chi connectivity index (χ2v) is 6.18. The van der Waals surface area contributed by atoms with Crippen LogP contribution < -0.4 is 20.1 Å². The van der Waals surface area contributed by atoms with Gasteiger partial charge in [-0.2, -0.15) is 18.3 Å². The fourth-order valence-corrected chi connectivity index (χ4v) is 2.90. The largest absolute Gasteiger partial charge is 0.493 e. The number of alkyl halides is 3. The number of carbonyl (C=O) groups excluding carboxylic acids is 1. The fraction of sp³-hybridized carbons (Fsp3) is 0.444. The van der Waals surface area contributed by atoms with Crippen molar-refractivity contribution in [3.05, 3.63) is 35.2 Å². The molecule has 1 amide bonds. The first kappa shape index (κ1) is 21.5. The quantitative estimate of drug-likeness (QED) is 0.747. The molecule has 0 radical (unpaired) electrons. The summed E-state index contributed by atoms with van der Waals surface area (Å²) >= 11 is 0. The molecule has 0 spiro atoms. The predicted octanol–water partition coefficient (Wildman–Crippen LogP) is 2.89. The van der Waals surface area contributed by atoms with E-state index in [-0.39, 0.29) is 11.3 Å². The van der Waals surface area contributed by atoms with Crippen molar-refractivity contribution in [2.24, 2.45) is 7.05 Å². The van der Waals surface area contributed by atoms with Crippen molar-refractivity contribution in [2.45, 2.75) is 26.1 Å². The number of nitrogens with zero attached hydrogens (tertiary/aromatic N) is 2. The standard InChI is InChI=1S/C18H23F3N4O3/c1-10-16(11(2)25(3)24-10)17(18(19,20)21)22-9-15(26)23-12-6-7-13(27-4)14(8-12)28-5/h6-8,17,22H,9H2,1-5H3,(H,23,26)/t17-/m1/s1. The van der Waals surface area contributed by atoms with E-state index in [1.54, 1.807) is 26.1 Å². The Balaban J connectivity index is 2.12. The van der Waals surface area contributed by atoms with Crippen LogP contribution in [0.1, 0.15) is 23.0 Å². The van der Waals surface area contributed by atoms with E-state index < -0.39 is 24.7 Å². The lowest BCUT2D eigenvalue weighted by Gasteiger charge is -2.22. The third-order valence-corrected chi connectivity index (χ3v) is 4.32. The van der Waals surface area contributed by atoms with Gasteiger partial charge in [0.15, 0.2) is 11.5 Å². The maximum atomic E-state index is 13.6. The van der Waals surface area contributed by atoms with Gasteiger partial charge in [-0.1, -0.05) is 0 Å². The van der Waals surface area contributed by atoms with E-state index in [0.717, 1.165) is 0 Å².